The van der Waals surface area contributed by atoms with Gasteiger partial charge in [-0.15, -0.1) is 36.5 Å². The molecule has 1 aromatic rings. The summed E-state index contributed by atoms with van der Waals surface area (Å²) in [6.45, 7) is -0.684. The van der Waals surface area contributed by atoms with Crippen molar-refractivity contribution in [1.29, 1.82) is 0 Å². The van der Waals surface area contributed by atoms with E-state index in [1.54, 1.807) is 0 Å². The van der Waals surface area contributed by atoms with Gasteiger partial charge in [0.25, 0.3) is 0 Å². The topological polar surface area (TPSA) is 95.7 Å². The molecule has 2 bridgehead atoms. The molecule has 5 saturated carbocycles. The molecule has 5 aliphatic carbocycles. The molecule has 1 amide bonds. The van der Waals surface area contributed by atoms with E-state index in [-0.39, 0.29) is 48.1 Å². The summed E-state index contributed by atoms with van der Waals surface area (Å²) in [5.74, 6) is -0.146. The molecule has 1 aromatic heterocycles. The maximum absolute atomic E-state index is 12.2. The second-order valence-electron chi connectivity index (χ2n) is 9.53. The number of carbonyl (C=O) groups is 1. The van der Waals surface area contributed by atoms with Gasteiger partial charge in [0.05, 0.1) is 24.2 Å². The van der Waals surface area contributed by atoms with E-state index in [4.69, 9.17) is 9.15 Å². The highest BCUT2D eigenvalue weighted by atomic mass is 19.4. The van der Waals surface area contributed by atoms with E-state index < -0.39 is 31.5 Å². The third-order valence-corrected chi connectivity index (χ3v) is 6.83. The van der Waals surface area contributed by atoms with Gasteiger partial charge in [-0.25, -0.2) is 0 Å². The molecule has 5 aliphatic rings. The Bertz CT molecular complexity index is 893. The molecule has 5 fully saturated rings. The number of halogens is 6. The van der Waals surface area contributed by atoms with Gasteiger partial charge in [0.1, 0.15) is 6.61 Å². The number of rotatable bonds is 9. The quantitative estimate of drug-likeness (QED) is 0.537. The SMILES string of the molecule is O=C(CO[C@H]1C[C@@H](OC(F)(F)F)C1)NC12CC(c3nnc([C@@H]4C[C@@H]4COC(F)(F)F)o3)(C1)C2. The fourth-order valence-electron chi connectivity index (χ4n) is 5.15. The van der Waals surface area contributed by atoms with Gasteiger partial charge in [-0.3, -0.25) is 14.3 Å². The molecule has 0 spiro atoms. The number of ether oxygens (including phenoxy) is 3. The minimum absolute atomic E-state index is 0.0880. The normalized spacial score (nSPS) is 37.0. The number of hydrogen-bond acceptors (Lipinski definition) is 7. The first-order valence-corrected chi connectivity index (χ1v) is 10.6. The number of nitrogens with one attached hydrogen (secondary N) is 1. The zero-order valence-electron chi connectivity index (χ0n) is 17.2. The number of aromatic nitrogens is 2. The fourth-order valence-corrected chi connectivity index (χ4v) is 5.15. The lowest BCUT2D eigenvalue weighted by atomic mass is 9.39. The molecule has 6 rings (SSSR count). The minimum atomic E-state index is -4.67. The molecule has 1 heterocycles. The minimum Gasteiger partial charge on any atom is -0.424 e. The van der Waals surface area contributed by atoms with Crippen LogP contribution in [0.15, 0.2) is 4.42 Å². The van der Waals surface area contributed by atoms with Crippen molar-refractivity contribution < 1.29 is 49.8 Å². The van der Waals surface area contributed by atoms with Gasteiger partial charge < -0.3 is 14.5 Å². The second-order valence-corrected chi connectivity index (χ2v) is 9.53. The molecular formula is C19H21F6N3O5. The van der Waals surface area contributed by atoms with E-state index in [0.717, 1.165) is 0 Å². The molecule has 0 unspecified atom stereocenters. The van der Waals surface area contributed by atoms with Crippen LogP contribution in [0.1, 0.15) is 56.2 Å². The van der Waals surface area contributed by atoms with E-state index in [0.29, 0.717) is 37.5 Å². The summed E-state index contributed by atoms with van der Waals surface area (Å²) in [5, 5.41) is 10.9. The lowest BCUT2D eigenvalue weighted by molar-refractivity contribution is -0.357. The summed E-state index contributed by atoms with van der Waals surface area (Å²) in [4.78, 5) is 12.2. The van der Waals surface area contributed by atoms with Crippen molar-refractivity contribution in [1.82, 2.24) is 15.5 Å². The monoisotopic (exact) mass is 485 g/mol. The van der Waals surface area contributed by atoms with Crippen molar-refractivity contribution >= 4 is 5.91 Å². The van der Waals surface area contributed by atoms with Crippen LogP contribution in [0.2, 0.25) is 0 Å². The maximum atomic E-state index is 12.2. The number of amides is 1. The van der Waals surface area contributed by atoms with Gasteiger partial charge in [-0.1, -0.05) is 0 Å². The lowest BCUT2D eigenvalue weighted by Crippen LogP contribution is -2.77. The zero-order chi connectivity index (χ0) is 23.6. The van der Waals surface area contributed by atoms with E-state index in [2.05, 4.69) is 25.0 Å². The zero-order valence-corrected chi connectivity index (χ0v) is 17.2. The molecular weight excluding hydrogens is 464 g/mol. The molecule has 0 saturated heterocycles. The summed E-state index contributed by atoms with van der Waals surface area (Å²) < 4.78 is 91.5. The third-order valence-electron chi connectivity index (χ3n) is 6.83. The van der Waals surface area contributed by atoms with E-state index in [1.165, 1.54) is 0 Å². The van der Waals surface area contributed by atoms with Crippen LogP contribution in [0.5, 0.6) is 0 Å². The van der Waals surface area contributed by atoms with Gasteiger partial charge in [0, 0.05) is 24.3 Å². The van der Waals surface area contributed by atoms with Crippen LogP contribution >= 0.6 is 0 Å². The first-order chi connectivity index (χ1) is 15.3. The van der Waals surface area contributed by atoms with Crippen molar-refractivity contribution in [3.8, 4) is 0 Å². The van der Waals surface area contributed by atoms with Gasteiger partial charge in [-0.2, -0.15) is 0 Å². The standard InChI is InChI=1S/C19H21F6N3O5/c20-18(21,22)31-4-9-1-12(9)14-27-28-15(32-14)16-6-17(7-16,8-16)26-13(29)5-30-10-2-11(3-10)33-19(23,24)25/h9-12H,1-8H2,(H,26,29)/t9-,10-,11+,12-,16?,17?/m1/s1. The Balaban J connectivity index is 1.01. The van der Waals surface area contributed by atoms with Crippen molar-refractivity contribution in [2.24, 2.45) is 5.92 Å². The fraction of sp³-hybridized carbons (Fsp3) is 0.842. The van der Waals surface area contributed by atoms with Crippen LogP contribution in [-0.4, -0.2) is 59.8 Å². The van der Waals surface area contributed by atoms with Crippen LogP contribution < -0.4 is 5.32 Å². The first kappa shape index (κ1) is 22.8. The number of alkyl halides is 6. The van der Waals surface area contributed by atoms with Crippen molar-refractivity contribution in [3.05, 3.63) is 11.8 Å². The van der Waals surface area contributed by atoms with Crippen LogP contribution in [0.25, 0.3) is 0 Å². The molecule has 0 radical (unpaired) electrons. The van der Waals surface area contributed by atoms with Gasteiger partial charge in [0.15, 0.2) is 0 Å². The summed E-state index contributed by atoms with van der Waals surface area (Å²) >= 11 is 0. The molecule has 33 heavy (non-hydrogen) atoms. The Hall–Kier alpha value is -1.93. The van der Waals surface area contributed by atoms with E-state index in [9.17, 15) is 31.1 Å². The number of nitrogens with zero attached hydrogens (tertiary/aromatic N) is 2. The highest BCUT2D eigenvalue weighted by Crippen LogP contribution is 2.67. The van der Waals surface area contributed by atoms with Crippen LogP contribution in [-0.2, 0) is 24.4 Å². The number of hydrogen-bond donors (Lipinski definition) is 1. The van der Waals surface area contributed by atoms with Crippen molar-refractivity contribution in [2.45, 2.75) is 80.3 Å². The highest BCUT2D eigenvalue weighted by molar-refractivity contribution is 5.79. The van der Waals surface area contributed by atoms with Gasteiger partial charge >= 0.3 is 12.7 Å². The van der Waals surface area contributed by atoms with E-state index in [1.807, 2.05) is 0 Å². The van der Waals surface area contributed by atoms with Crippen molar-refractivity contribution in [3.63, 3.8) is 0 Å². The van der Waals surface area contributed by atoms with Crippen LogP contribution in [0, 0.1) is 5.92 Å². The van der Waals surface area contributed by atoms with E-state index >= 15 is 0 Å². The smallest absolute Gasteiger partial charge is 0.424 e. The third kappa shape index (κ3) is 4.83. The Morgan fingerprint density at radius 3 is 2.36 bits per heavy atom. The summed E-state index contributed by atoms with van der Waals surface area (Å²) in [6.07, 6.45) is -8.23. The summed E-state index contributed by atoms with van der Waals surface area (Å²) in [6, 6.07) is 0. The average molecular weight is 485 g/mol. The Kier molecular flexibility index (Phi) is 5.22. The molecule has 14 heteroatoms. The highest BCUT2D eigenvalue weighted by Gasteiger charge is 2.72. The van der Waals surface area contributed by atoms with Crippen LogP contribution in [0.3, 0.4) is 0 Å². The Labute approximate surface area is 183 Å². The second kappa shape index (κ2) is 7.54. The van der Waals surface area contributed by atoms with Gasteiger partial charge in [0.2, 0.25) is 17.7 Å². The Morgan fingerprint density at radius 2 is 1.73 bits per heavy atom. The lowest BCUT2D eigenvalue weighted by Gasteiger charge is -2.68. The van der Waals surface area contributed by atoms with Gasteiger partial charge in [-0.05, 0) is 31.6 Å². The maximum Gasteiger partial charge on any atom is 0.522 e. The first-order valence-electron chi connectivity index (χ1n) is 10.6. The Morgan fingerprint density at radius 1 is 1.03 bits per heavy atom. The molecule has 1 N–H and O–H groups in total. The summed E-state index contributed by atoms with van der Waals surface area (Å²) in [7, 11) is 0. The summed E-state index contributed by atoms with van der Waals surface area (Å²) in [5.41, 5.74) is -0.721. The average Bonchev–Trinajstić information content (AvgIpc) is 3.22. The molecule has 8 nitrogen and oxygen atoms in total. The van der Waals surface area contributed by atoms with Crippen molar-refractivity contribution in [2.75, 3.05) is 13.2 Å². The molecule has 0 aliphatic heterocycles. The molecule has 2 atom stereocenters. The number of carbonyl (C=O) groups excluding carboxylic acids is 1. The molecule has 184 valence electrons. The van der Waals surface area contributed by atoms with Crippen LogP contribution in [0.4, 0.5) is 26.3 Å². The predicted octanol–water partition coefficient (Wildman–Crippen LogP) is 3.08. The largest absolute Gasteiger partial charge is 0.522 e. The molecule has 0 aromatic carbocycles. The predicted molar refractivity (Wildman–Crippen MR) is 93.5 cm³/mol.